The standard InChI is InChI=1S/C23H25ClN2O3/c1-4-29-14-6-13-26-22(27)20(17-11-9-15(2)10-12-17)21(23(26)28)25-19-8-5-7-18(24)16(19)3/h5,7-12,25H,4,6,13-14H2,1-3H3. The predicted octanol–water partition coefficient (Wildman–Crippen LogP) is 4.58. The van der Waals surface area contributed by atoms with Gasteiger partial charge >= 0.3 is 0 Å². The molecular formula is C23H25ClN2O3. The Bertz CT molecular complexity index is 951. The van der Waals surface area contributed by atoms with Crippen LogP contribution in [0.3, 0.4) is 0 Å². The summed E-state index contributed by atoms with van der Waals surface area (Å²) in [6.07, 6.45) is 0.593. The van der Waals surface area contributed by atoms with E-state index in [9.17, 15) is 9.59 Å². The summed E-state index contributed by atoms with van der Waals surface area (Å²) in [6.45, 7) is 7.19. The lowest BCUT2D eigenvalue weighted by Gasteiger charge is -2.15. The number of nitrogens with zero attached hydrogens (tertiary/aromatic N) is 1. The van der Waals surface area contributed by atoms with Crippen LogP contribution in [0, 0.1) is 13.8 Å². The molecule has 0 spiro atoms. The smallest absolute Gasteiger partial charge is 0.278 e. The Balaban J connectivity index is 1.97. The SMILES string of the molecule is CCOCCCN1C(=O)C(Nc2cccc(Cl)c2C)=C(c2ccc(C)cc2)C1=O. The van der Waals surface area contributed by atoms with Gasteiger partial charge in [-0.1, -0.05) is 47.5 Å². The normalized spacial score (nSPS) is 14.1. The Morgan fingerprint density at radius 1 is 1.03 bits per heavy atom. The molecule has 29 heavy (non-hydrogen) atoms. The number of carbonyl (C=O) groups excluding carboxylic acids is 2. The zero-order valence-corrected chi connectivity index (χ0v) is 17.7. The van der Waals surface area contributed by atoms with Gasteiger partial charge in [0, 0.05) is 30.5 Å². The highest BCUT2D eigenvalue weighted by Crippen LogP contribution is 2.32. The second kappa shape index (κ2) is 9.25. The van der Waals surface area contributed by atoms with Gasteiger partial charge in [0.2, 0.25) is 0 Å². The first kappa shape index (κ1) is 21.1. The van der Waals surface area contributed by atoms with Crippen LogP contribution in [-0.2, 0) is 14.3 Å². The van der Waals surface area contributed by atoms with Crippen LogP contribution in [0.25, 0.3) is 5.57 Å². The van der Waals surface area contributed by atoms with E-state index in [0.717, 1.165) is 11.1 Å². The van der Waals surface area contributed by atoms with Gasteiger partial charge in [-0.2, -0.15) is 0 Å². The van der Waals surface area contributed by atoms with Crippen molar-refractivity contribution in [2.45, 2.75) is 27.2 Å². The fourth-order valence-corrected chi connectivity index (χ4v) is 3.40. The molecule has 0 bridgehead atoms. The molecule has 0 saturated carbocycles. The van der Waals surface area contributed by atoms with Crippen molar-refractivity contribution in [3.05, 3.63) is 69.9 Å². The summed E-state index contributed by atoms with van der Waals surface area (Å²) >= 11 is 6.23. The number of carbonyl (C=O) groups is 2. The molecule has 0 aliphatic carbocycles. The van der Waals surface area contributed by atoms with Crippen molar-refractivity contribution in [3.63, 3.8) is 0 Å². The second-order valence-electron chi connectivity index (χ2n) is 6.97. The Labute approximate surface area is 176 Å². The van der Waals surface area contributed by atoms with E-state index in [-0.39, 0.29) is 17.5 Å². The maximum Gasteiger partial charge on any atom is 0.278 e. The van der Waals surface area contributed by atoms with Crippen molar-refractivity contribution < 1.29 is 14.3 Å². The van der Waals surface area contributed by atoms with Crippen LogP contribution in [0.2, 0.25) is 5.02 Å². The summed E-state index contributed by atoms with van der Waals surface area (Å²) in [5.74, 6) is -0.626. The lowest BCUT2D eigenvalue weighted by molar-refractivity contribution is -0.137. The zero-order chi connectivity index (χ0) is 21.0. The van der Waals surface area contributed by atoms with E-state index in [2.05, 4.69) is 5.32 Å². The lowest BCUT2D eigenvalue weighted by Crippen LogP contribution is -2.34. The molecular weight excluding hydrogens is 388 g/mol. The highest BCUT2D eigenvalue weighted by Gasteiger charge is 2.39. The first-order valence-electron chi connectivity index (χ1n) is 9.71. The maximum absolute atomic E-state index is 13.2. The van der Waals surface area contributed by atoms with Crippen LogP contribution >= 0.6 is 11.6 Å². The topological polar surface area (TPSA) is 58.6 Å². The quantitative estimate of drug-likeness (QED) is 0.509. The van der Waals surface area contributed by atoms with Crippen LogP contribution in [0.15, 0.2) is 48.2 Å². The highest BCUT2D eigenvalue weighted by atomic mass is 35.5. The third-order valence-electron chi connectivity index (χ3n) is 4.91. The van der Waals surface area contributed by atoms with E-state index in [1.54, 1.807) is 6.07 Å². The summed E-state index contributed by atoms with van der Waals surface area (Å²) in [4.78, 5) is 27.6. The van der Waals surface area contributed by atoms with Crippen LogP contribution in [0.5, 0.6) is 0 Å². The molecule has 1 N–H and O–H groups in total. The molecule has 0 aromatic heterocycles. The van der Waals surface area contributed by atoms with Gasteiger partial charge in [-0.05, 0) is 50.5 Å². The summed E-state index contributed by atoms with van der Waals surface area (Å²) in [6, 6.07) is 13.0. The van der Waals surface area contributed by atoms with Crippen molar-refractivity contribution in [1.82, 2.24) is 4.90 Å². The fourth-order valence-electron chi connectivity index (χ4n) is 3.23. The number of hydrogen-bond donors (Lipinski definition) is 1. The summed E-state index contributed by atoms with van der Waals surface area (Å²) in [5, 5.41) is 3.77. The number of aryl methyl sites for hydroxylation is 1. The Morgan fingerprint density at radius 3 is 2.45 bits per heavy atom. The summed E-state index contributed by atoms with van der Waals surface area (Å²) < 4.78 is 5.35. The first-order valence-corrected chi connectivity index (χ1v) is 10.1. The van der Waals surface area contributed by atoms with Crippen LogP contribution in [-0.4, -0.2) is 36.5 Å². The molecule has 2 aromatic rings. The van der Waals surface area contributed by atoms with Gasteiger partial charge in [-0.25, -0.2) is 0 Å². The van der Waals surface area contributed by atoms with Crippen molar-refractivity contribution in [2.75, 3.05) is 25.1 Å². The monoisotopic (exact) mass is 412 g/mol. The van der Waals surface area contributed by atoms with E-state index in [0.29, 0.717) is 48.0 Å². The Morgan fingerprint density at radius 2 is 1.76 bits per heavy atom. The average Bonchev–Trinajstić information content (AvgIpc) is 2.93. The van der Waals surface area contributed by atoms with Crippen molar-refractivity contribution in [3.8, 4) is 0 Å². The molecule has 1 aliphatic heterocycles. The third-order valence-corrected chi connectivity index (χ3v) is 5.32. The molecule has 0 unspecified atom stereocenters. The molecule has 3 rings (SSSR count). The van der Waals surface area contributed by atoms with Crippen LogP contribution < -0.4 is 5.32 Å². The highest BCUT2D eigenvalue weighted by molar-refractivity contribution is 6.36. The minimum atomic E-state index is -0.332. The number of imide groups is 1. The molecule has 2 aromatic carbocycles. The molecule has 0 radical (unpaired) electrons. The number of benzene rings is 2. The van der Waals surface area contributed by atoms with Crippen molar-refractivity contribution >= 4 is 34.7 Å². The third kappa shape index (κ3) is 4.52. The largest absolute Gasteiger partial charge is 0.382 e. The number of nitrogens with one attached hydrogen (secondary N) is 1. The van der Waals surface area contributed by atoms with Gasteiger partial charge in [0.1, 0.15) is 5.70 Å². The molecule has 0 saturated heterocycles. The molecule has 2 amide bonds. The van der Waals surface area contributed by atoms with Gasteiger partial charge in [0.05, 0.1) is 5.57 Å². The van der Waals surface area contributed by atoms with Crippen LogP contribution in [0.1, 0.15) is 30.0 Å². The molecule has 0 atom stereocenters. The first-order chi connectivity index (χ1) is 13.9. The Hall–Kier alpha value is -2.63. The van der Waals surface area contributed by atoms with Crippen LogP contribution in [0.4, 0.5) is 5.69 Å². The van der Waals surface area contributed by atoms with Gasteiger partial charge in [-0.3, -0.25) is 14.5 Å². The fraction of sp³-hybridized carbons (Fsp3) is 0.304. The Kier molecular flexibility index (Phi) is 6.72. The second-order valence-corrected chi connectivity index (χ2v) is 7.37. The van der Waals surface area contributed by atoms with E-state index in [1.807, 2.05) is 57.2 Å². The van der Waals surface area contributed by atoms with E-state index < -0.39 is 0 Å². The number of ether oxygens (including phenoxy) is 1. The summed E-state index contributed by atoms with van der Waals surface area (Å²) in [7, 11) is 0. The zero-order valence-electron chi connectivity index (χ0n) is 16.9. The molecule has 152 valence electrons. The van der Waals surface area contributed by atoms with Crippen molar-refractivity contribution in [2.24, 2.45) is 0 Å². The van der Waals surface area contributed by atoms with E-state index in [1.165, 1.54) is 4.90 Å². The number of rotatable bonds is 8. The summed E-state index contributed by atoms with van der Waals surface area (Å²) in [5.41, 5.74) is 3.98. The van der Waals surface area contributed by atoms with Gasteiger partial charge in [0.25, 0.3) is 11.8 Å². The van der Waals surface area contributed by atoms with Gasteiger partial charge in [0.15, 0.2) is 0 Å². The van der Waals surface area contributed by atoms with Gasteiger partial charge in [-0.15, -0.1) is 0 Å². The number of amides is 2. The average molecular weight is 413 g/mol. The molecule has 0 fully saturated rings. The van der Waals surface area contributed by atoms with Gasteiger partial charge < -0.3 is 10.1 Å². The number of halogens is 1. The minimum Gasteiger partial charge on any atom is -0.382 e. The molecule has 1 aliphatic rings. The number of anilines is 1. The predicted molar refractivity (Wildman–Crippen MR) is 116 cm³/mol. The molecule has 6 heteroatoms. The molecule has 5 nitrogen and oxygen atoms in total. The lowest BCUT2D eigenvalue weighted by atomic mass is 10.0. The van der Waals surface area contributed by atoms with E-state index >= 15 is 0 Å². The van der Waals surface area contributed by atoms with E-state index in [4.69, 9.17) is 16.3 Å². The van der Waals surface area contributed by atoms with Crippen molar-refractivity contribution in [1.29, 1.82) is 0 Å². The minimum absolute atomic E-state index is 0.278. The molecule has 1 heterocycles. The number of hydrogen-bond acceptors (Lipinski definition) is 4. The maximum atomic E-state index is 13.2.